The van der Waals surface area contributed by atoms with Crippen LogP contribution in [0.2, 0.25) is 0 Å². The number of aromatic amines is 1. The maximum atomic E-state index is 5.46. The lowest BCUT2D eigenvalue weighted by atomic mass is 10.1. The van der Waals surface area contributed by atoms with Crippen molar-refractivity contribution in [3.05, 3.63) is 29.8 Å². The average Bonchev–Trinajstić information content (AvgIpc) is 2.85. The largest absolute Gasteiger partial charge is 0.276 e. The molecule has 7 heteroatoms. The maximum absolute atomic E-state index is 5.46. The van der Waals surface area contributed by atoms with Crippen molar-refractivity contribution in [1.29, 1.82) is 0 Å². The van der Waals surface area contributed by atoms with Crippen LogP contribution in [0, 0.1) is 0 Å². The normalized spacial score (nSPS) is 12.9. The maximum Gasteiger partial charge on any atom is 0.101 e. The van der Waals surface area contributed by atoms with Crippen LogP contribution in [0.1, 0.15) is 17.3 Å². The number of nitrogens with zero attached hydrogens (tertiary/aromatic N) is 4. The van der Waals surface area contributed by atoms with Crippen LogP contribution in [-0.2, 0) is 13.5 Å². The van der Waals surface area contributed by atoms with E-state index in [2.05, 4.69) is 25.9 Å². The zero-order valence-electron chi connectivity index (χ0n) is 8.38. The molecule has 2 rings (SSSR count). The molecule has 7 nitrogen and oxygen atoms in total. The molecule has 0 spiro atoms. The molecule has 0 amide bonds. The minimum Gasteiger partial charge on any atom is -0.276 e. The number of nitrogens with one attached hydrogen (secondary N) is 2. The van der Waals surface area contributed by atoms with Gasteiger partial charge in [-0.2, -0.15) is 20.5 Å². The summed E-state index contributed by atoms with van der Waals surface area (Å²) in [5.41, 5.74) is 4.60. The van der Waals surface area contributed by atoms with E-state index in [9.17, 15) is 0 Å². The first-order chi connectivity index (χ1) is 7.29. The molecular formula is C8H13N7. The lowest BCUT2D eigenvalue weighted by Gasteiger charge is -2.10. The minimum atomic E-state index is -0.0482. The van der Waals surface area contributed by atoms with Crippen molar-refractivity contribution >= 4 is 0 Å². The van der Waals surface area contributed by atoms with Crippen molar-refractivity contribution in [3.8, 4) is 0 Å². The van der Waals surface area contributed by atoms with Crippen molar-refractivity contribution in [2.75, 3.05) is 0 Å². The van der Waals surface area contributed by atoms with Gasteiger partial charge in [0.15, 0.2) is 0 Å². The van der Waals surface area contributed by atoms with Gasteiger partial charge in [-0.25, -0.2) is 0 Å². The zero-order valence-corrected chi connectivity index (χ0v) is 8.38. The molecule has 0 saturated heterocycles. The first-order valence-corrected chi connectivity index (χ1v) is 4.59. The highest BCUT2D eigenvalue weighted by Gasteiger charge is 2.13. The van der Waals surface area contributed by atoms with Crippen LogP contribution in [0.15, 0.2) is 18.6 Å². The summed E-state index contributed by atoms with van der Waals surface area (Å²) < 4.78 is 1.76. The molecule has 0 aliphatic rings. The van der Waals surface area contributed by atoms with Crippen molar-refractivity contribution in [3.63, 3.8) is 0 Å². The molecule has 0 aromatic carbocycles. The van der Waals surface area contributed by atoms with E-state index < -0.39 is 0 Å². The molecule has 0 fully saturated rings. The summed E-state index contributed by atoms with van der Waals surface area (Å²) in [6, 6.07) is -0.0482. The van der Waals surface area contributed by atoms with Crippen LogP contribution in [0.4, 0.5) is 0 Å². The van der Waals surface area contributed by atoms with E-state index in [1.54, 1.807) is 10.9 Å². The van der Waals surface area contributed by atoms with Gasteiger partial charge >= 0.3 is 0 Å². The lowest BCUT2D eigenvalue weighted by Crippen LogP contribution is -2.29. The van der Waals surface area contributed by atoms with Crippen molar-refractivity contribution in [1.82, 2.24) is 30.6 Å². The van der Waals surface area contributed by atoms with Crippen LogP contribution >= 0.6 is 0 Å². The van der Waals surface area contributed by atoms with Crippen LogP contribution in [0.25, 0.3) is 0 Å². The van der Waals surface area contributed by atoms with Crippen molar-refractivity contribution < 1.29 is 0 Å². The Kier molecular flexibility index (Phi) is 2.75. The molecule has 0 radical (unpaired) electrons. The summed E-state index contributed by atoms with van der Waals surface area (Å²) >= 11 is 0. The molecule has 0 saturated carbocycles. The van der Waals surface area contributed by atoms with E-state index in [0.717, 1.165) is 17.7 Å². The highest BCUT2D eigenvalue weighted by molar-refractivity contribution is 5.10. The number of aromatic nitrogens is 5. The second-order valence-electron chi connectivity index (χ2n) is 3.34. The van der Waals surface area contributed by atoms with Gasteiger partial charge in [0.1, 0.15) is 5.69 Å². The van der Waals surface area contributed by atoms with Gasteiger partial charge in [-0.05, 0) is 12.0 Å². The number of hydrogen-bond acceptors (Lipinski definition) is 5. The predicted octanol–water partition coefficient (Wildman–Crippen LogP) is -0.715. The lowest BCUT2D eigenvalue weighted by molar-refractivity contribution is 0.537. The Balaban J connectivity index is 2.09. The molecule has 2 aromatic heterocycles. The van der Waals surface area contributed by atoms with E-state index in [-0.39, 0.29) is 6.04 Å². The average molecular weight is 207 g/mol. The number of hydrazine groups is 1. The number of aryl methyl sites for hydroxylation is 1. The van der Waals surface area contributed by atoms with Gasteiger partial charge in [0.2, 0.25) is 0 Å². The Morgan fingerprint density at radius 1 is 1.60 bits per heavy atom. The standard InChI is InChI=1S/C8H13N7/c1-15-5-6(3-11-15)2-7(12-9)8-4-10-14-13-8/h3-5,7,12H,2,9H2,1H3,(H,10,13,14). The molecule has 2 heterocycles. The van der Waals surface area contributed by atoms with Crippen LogP contribution in [0.5, 0.6) is 0 Å². The first kappa shape index (κ1) is 9.81. The Bertz CT molecular complexity index is 404. The van der Waals surface area contributed by atoms with Gasteiger partial charge in [-0.1, -0.05) is 0 Å². The topological polar surface area (TPSA) is 97.4 Å². The molecule has 1 unspecified atom stereocenters. The van der Waals surface area contributed by atoms with E-state index in [0.29, 0.717) is 0 Å². The molecule has 0 aliphatic carbocycles. The summed E-state index contributed by atoms with van der Waals surface area (Å²) in [4.78, 5) is 0. The number of H-pyrrole nitrogens is 1. The van der Waals surface area contributed by atoms with Crippen LogP contribution < -0.4 is 11.3 Å². The third-order valence-corrected chi connectivity index (χ3v) is 2.19. The minimum absolute atomic E-state index is 0.0482. The quantitative estimate of drug-likeness (QED) is 0.454. The Morgan fingerprint density at radius 2 is 2.47 bits per heavy atom. The Labute approximate surface area is 86.6 Å². The highest BCUT2D eigenvalue weighted by atomic mass is 15.3. The van der Waals surface area contributed by atoms with Crippen molar-refractivity contribution in [2.45, 2.75) is 12.5 Å². The molecule has 80 valence electrons. The number of rotatable bonds is 4. The number of nitrogens with two attached hydrogens (primary N) is 1. The second-order valence-corrected chi connectivity index (χ2v) is 3.34. The van der Waals surface area contributed by atoms with Gasteiger partial charge in [0.05, 0.1) is 18.4 Å². The monoisotopic (exact) mass is 207 g/mol. The summed E-state index contributed by atoms with van der Waals surface area (Å²) in [5.74, 6) is 5.46. The van der Waals surface area contributed by atoms with Crippen LogP contribution in [-0.4, -0.2) is 25.2 Å². The van der Waals surface area contributed by atoms with E-state index in [1.165, 1.54) is 0 Å². The van der Waals surface area contributed by atoms with Gasteiger partial charge in [0, 0.05) is 13.2 Å². The zero-order chi connectivity index (χ0) is 10.7. The molecule has 0 aliphatic heterocycles. The fourth-order valence-corrected chi connectivity index (χ4v) is 1.44. The fourth-order valence-electron chi connectivity index (χ4n) is 1.44. The molecule has 1 atom stereocenters. The number of hydrogen-bond donors (Lipinski definition) is 3. The first-order valence-electron chi connectivity index (χ1n) is 4.59. The second kappa shape index (κ2) is 4.20. The molecule has 4 N–H and O–H groups in total. The van der Waals surface area contributed by atoms with Gasteiger partial charge in [-0.3, -0.25) is 16.0 Å². The Morgan fingerprint density at radius 3 is 3.00 bits per heavy atom. The summed E-state index contributed by atoms with van der Waals surface area (Å²) in [6.45, 7) is 0. The fraction of sp³-hybridized carbons (Fsp3) is 0.375. The molecule has 15 heavy (non-hydrogen) atoms. The van der Waals surface area contributed by atoms with E-state index in [4.69, 9.17) is 5.84 Å². The SMILES string of the molecule is Cn1cc(CC(NN)c2cn[nH]n2)cn1. The summed E-state index contributed by atoms with van der Waals surface area (Å²) in [5, 5.41) is 14.4. The third-order valence-electron chi connectivity index (χ3n) is 2.19. The molecule has 2 aromatic rings. The van der Waals surface area contributed by atoms with E-state index >= 15 is 0 Å². The predicted molar refractivity (Wildman–Crippen MR) is 53.4 cm³/mol. The van der Waals surface area contributed by atoms with Gasteiger partial charge < -0.3 is 0 Å². The Hall–Kier alpha value is -1.73. The molecule has 0 bridgehead atoms. The third kappa shape index (κ3) is 2.20. The summed E-state index contributed by atoms with van der Waals surface area (Å²) in [7, 11) is 1.88. The van der Waals surface area contributed by atoms with Crippen molar-refractivity contribution in [2.24, 2.45) is 12.9 Å². The highest BCUT2D eigenvalue weighted by Crippen LogP contribution is 2.13. The van der Waals surface area contributed by atoms with Gasteiger partial charge in [0.25, 0.3) is 0 Å². The van der Waals surface area contributed by atoms with Gasteiger partial charge in [-0.15, -0.1) is 0 Å². The van der Waals surface area contributed by atoms with E-state index in [1.807, 2.05) is 19.4 Å². The smallest absolute Gasteiger partial charge is 0.101 e. The molecular weight excluding hydrogens is 194 g/mol. The summed E-state index contributed by atoms with van der Waals surface area (Å²) in [6.07, 6.45) is 6.15. The van der Waals surface area contributed by atoms with Crippen LogP contribution in [0.3, 0.4) is 0 Å².